The van der Waals surface area contributed by atoms with Gasteiger partial charge in [-0.1, -0.05) is 41.9 Å². The van der Waals surface area contributed by atoms with Crippen molar-refractivity contribution in [2.45, 2.75) is 45.3 Å². The lowest BCUT2D eigenvalue weighted by Gasteiger charge is -2.29. The van der Waals surface area contributed by atoms with Crippen LogP contribution in [0.15, 0.2) is 53.3 Å². The van der Waals surface area contributed by atoms with Gasteiger partial charge in [0.2, 0.25) is 0 Å². The highest BCUT2D eigenvalue weighted by atomic mass is 35.5. The van der Waals surface area contributed by atoms with Gasteiger partial charge in [0, 0.05) is 37.1 Å². The van der Waals surface area contributed by atoms with Crippen LogP contribution in [0.1, 0.15) is 31.2 Å². The van der Waals surface area contributed by atoms with Gasteiger partial charge in [0.15, 0.2) is 0 Å². The Morgan fingerprint density at radius 3 is 2.77 bits per heavy atom. The van der Waals surface area contributed by atoms with Crippen LogP contribution >= 0.6 is 11.6 Å². The topological polar surface area (TPSA) is 67.2 Å². The predicted octanol–water partition coefficient (Wildman–Crippen LogP) is 3.99. The van der Waals surface area contributed by atoms with Gasteiger partial charge in [-0.05, 0) is 43.5 Å². The maximum atomic E-state index is 13.0. The maximum absolute atomic E-state index is 13.0. The number of urea groups is 1. The molecule has 3 aromatic rings. The monoisotopic (exact) mass is 424 g/mol. The highest BCUT2D eigenvalue weighted by Crippen LogP contribution is 2.18. The Hall–Kier alpha value is -2.86. The Kier molecular flexibility index (Phi) is 6.04. The minimum absolute atomic E-state index is 0.0679. The first-order valence-corrected chi connectivity index (χ1v) is 10.7. The van der Waals surface area contributed by atoms with Gasteiger partial charge in [0.1, 0.15) is 5.82 Å². The Morgan fingerprint density at radius 1 is 1.17 bits per heavy atom. The lowest BCUT2D eigenvalue weighted by atomic mass is 10.1. The third-order valence-corrected chi connectivity index (χ3v) is 5.85. The first-order valence-electron chi connectivity index (χ1n) is 10.3. The lowest BCUT2D eigenvalue weighted by molar-refractivity contribution is 0.171. The van der Waals surface area contributed by atoms with Crippen molar-refractivity contribution in [3.8, 4) is 0 Å². The number of hydrogen-bond acceptors (Lipinski definition) is 3. The summed E-state index contributed by atoms with van der Waals surface area (Å²) in [6, 6.07) is 15.1. The van der Waals surface area contributed by atoms with Crippen molar-refractivity contribution in [3.63, 3.8) is 0 Å². The van der Waals surface area contributed by atoms with Crippen LogP contribution in [0, 0.1) is 0 Å². The summed E-state index contributed by atoms with van der Waals surface area (Å²) in [7, 11) is 0. The molecular formula is C23H25ClN4O2. The fourth-order valence-electron chi connectivity index (χ4n) is 3.96. The van der Waals surface area contributed by atoms with Crippen LogP contribution in [0.25, 0.3) is 10.9 Å². The molecule has 1 N–H and O–H groups in total. The number of rotatable bonds is 2. The molecule has 0 saturated heterocycles. The van der Waals surface area contributed by atoms with E-state index in [1.165, 1.54) is 0 Å². The zero-order valence-electron chi connectivity index (χ0n) is 17.0. The van der Waals surface area contributed by atoms with Gasteiger partial charge in [-0.2, -0.15) is 0 Å². The Balaban J connectivity index is 1.61. The minimum atomic E-state index is -0.108. The molecule has 0 bridgehead atoms. The Morgan fingerprint density at radius 2 is 1.97 bits per heavy atom. The smallest absolute Gasteiger partial charge is 0.318 e. The molecule has 0 aliphatic carbocycles. The number of amides is 2. The number of carbonyl (C=O) groups is 1. The van der Waals surface area contributed by atoms with Crippen molar-refractivity contribution < 1.29 is 4.79 Å². The molecule has 1 atom stereocenters. The zero-order valence-corrected chi connectivity index (χ0v) is 17.7. The highest BCUT2D eigenvalue weighted by molar-refractivity contribution is 6.31. The minimum Gasteiger partial charge on any atom is -0.336 e. The summed E-state index contributed by atoms with van der Waals surface area (Å²) in [5.41, 5.74) is 1.63. The van der Waals surface area contributed by atoms with Crippen molar-refractivity contribution in [2.24, 2.45) is 0 Å². The van der Waals surface area contributed by atoms with Crippen LogP contribution in [-0.4, -0.2) is 33.1 Å². The van der Waals surface area contributed by atoms with Crippen molar-refractivity contribution in [1.29, 1.82) is 0 Å². The third kappa shape index (κ3) is 4.33. The van der Waals surface area contributed by atoms with E-state index in [0.29, 0.717) is 42.0 Å². The number of carbonyl (C=O) groups excluding carboxylic acids is 1. The van der Waals surface area contributed by atoms with Gasteiger partial charge < -0.3 is 10.2 Å². The van der Waals surface area contributed by atoms with Gasteiger partial charge in [-0.25, -0.2) is 9.78 Å². The number of fused-ring (bicyclic) bond motifs is 2. The Labute approximate surface area is 180 Å². The van der Waals surface area contributed by atoms with Crippen molar-refractivity contribution in [3.05, 3.63) is 75.3 Å². The molecule has 0 fully saturated rings. The van der Waals surface area contributed by atoms with E-state index in [-0.39, 0.29) is 17.6 Å². The zero-order chi connectivity index (χ0) is 21.1. The number of hydrogen-bond donors (Lipinski definition) is 1. The fraction of sp³-hybridized carbons (Fsp3) is 0.348. The Bertz CT molecular complexity index is 1110. The van der Waals surface area contributed by atoms with E-state index in [0.717, 1.165) is 24.2 Å². The molecule has 1 unspecified atom stereocenters. The second-order valence-corrected chi connectivity index (χ2v) is 8.17. The molecule has 0 radical (unpaired) electrons. The molecule has 6 nitrogen and oxygen atoms in total. The van der Waals surface area contributed by atoms with E-state index < -0.39 is 0 Å². The number of benzene rings is 2. The average molecular weight is 425 g/mol. The maximum Gasteiger partial charge on any atom is 0.318 e. The van der Waals surface area contributed by atoms with Crippen LogP contribution in [0.5, 0.6) is 0 Å². The van der Waals surface area contributed by atoms with Gasteiger partial charge in [-0.3, -0.25) is 9.36 Å². The highest BCUT2D eigenvalue weighted by Gasteiger charge is 2.22. The summed E-state index contributed by atoms with van der Waals surface area (Å²) in [6.07, 6.45) is 2.33. The molecule has 2 aromatic carbocycles. The van der Waals surface area contributed by atoms with Crippen LogP contribution < -0.4 is 10.9 Å². The molecule has 30 heavy (non-hydrogen) atoms. The predicted molar refractivity (Wildman–Crippen MR) is 119 cm³/mol. The van der Waals surface area contributed by atoms with Gasteiger partial charge in [-0.15, -0.1) is 0 Å². The number of nitrogens with one attached hydrogen (secondary N) is 1. The van der Waals surface area contributed by atoms with Crippen molar-refractivity contribution in [2.75, 3.05) is 6.54 Å². The summed E-state index contributed by atoms with van der Waals surface area (Å²) in [5, 5.41) is 4.09. The molecule has 0 saturated carbocycles. The molecule has 0 spiro atoms. The van der Waals surface area contributed by atoms with E-state index in [9.17, 15) is 9.59 Å². The van der Waals surface area contributed by atoms with Crippen LogP contribution in [0.2, 0.25) is 5.02 Å². The normalized spacial score (nSPS) is 17.9. The molecular weight excluding hydrogens is 400 g/mol. The molecule has 2 amide bonds. The van der Waals surface area contributed by atoms with Crippen LogP contribution in [-0.2, 0) is 19.5 Å². The third-order valence-electron chi connectivity index (χ3n) is 5.62. The summed E-state index contributed by atoms with van der Waals surface area (Å²) >= 11 is 6.10. The second-order valence-electron chi connectivity index (χ2n) is 7.73. The fourth-order valence-corrected chi connectivity index (χ4v) is 4.12. The van der Waals surface area contributed by atoms with Gasteiger partial charge >= 0.3 is 6.03 Å². The quantitative estimate of drug-likeness (QED) is 0.676. The lowest BCUT2D eigenvalue weighted by Crippen LogP contribution is -2.45. The largest absolute Gasteiger partial charge is 0.336 e. The van der Waals surface area contributed by atoms with Crippen molar-refractivity contribution >= 4 is 28.5 Å². The van der Waals surface area contributed by atoms with Gasteiger partial charge in [0.25, 0.3) is 5.56 Å². The summed E-state index contributed by atoms with van der Waals surface area (Å²) < 4.78 is 1.69. The number of aromatic nitrogens is 2. The van der Waals surface area contributed by atoms with E-state index >= 15 is 0 Å². The second kappa shape index (κ2) is 8.88. The summed E-state index contributed by atoms with van der Waals surface area (Å²) in [4.78, 5) is 32.5. The number of nitrogens with zero attached hydrogens (tertiary/aromatic N) is 3. The van der Waals surface area contributed by atoms with Crippen LogP contribution in [0.4, 0.5) is 4.79 Å². The van der Waals surface area contributed by atoms with Crippen LogP contribution in [0.3, 0.4) is 0 Å². The SMILES string of the molecule is CC1CCCc2nc3cc(Cl)ccc3c(=O)n2CCNC(=O)N1Cc1ccccc1. The average Bonchev–Trinajstić information content (AvgIpc) is 2.76. The van der Waals surface area contributed by atoms with E-state index in [2.05, 4.69) is 12.2 Å². The summed E-state index contributed by atoms with van der Waals surface area (Å²) in [6.45, 7) is 3.38. The summed E-state index contributed by atoms with van der Waals surface area (Å²) in [5.74, 6) is 0.743. The molecule has 1 aliphatic rings. The molecule has 156 valence electrons. The molecule has 1 aliphatic heterocycles. The standard InChI is InChI=1S/C23H25ClN4O2/c1-16-6-5-9-21-26-20-14-18(24)10-11-19(20)22(29)27(21)13-12-25-23(30)28(16)15-17-7-3-2-4-8-17/h2-4,7-8,10-11,14,16H,5-6,9,12-13,15H2,1H3,(H,25,30). The molecule has 2 heterocycles. The number of halogens is 1. The molecule has 7 heteroatoms. The first kappa shape index (κ1) is 20.4. The molecule has 1 aromatic heterocycles. The van der Waals surface area contributed by atoms with E-state index in [1.807, 2.05) is 35.2 Å². The first-order chi connectivity index (χ1) is 14.5. The number of aryl methyl sites for hydroxylation is 1. The van der Waals surface area contributed by atoms with E-state index in [4.69, 9.17) is 16.6 Å². The van der Waals surface area contributed by atoms with E-state index in [1.54, 1.807) is 22.8 Å². The van der Waals surface area contributed by atoms with Crippen molar-refractivity contribution in [1.82, 2.24) is 19.8 Å². The van der Waals surface area contributed by atoms with Gasteiger partial charge in [0.05, 0.1) is 10.9 Å². The molecule has 4 rings (SSSR count).